The van der Waals surface area contributed by atoms with E-state index >= 15 is 0 Å². The predicted octanol–water partition coefficient (Wildman–Crippen LogP) is -3.06. The summed E-state index contributed by atoms with van der Waals surface area (Å²) in [4.78, 5) is 23.7. The van der Waals surface area contributed by atoms with Crippen molar-refractivity contribution in [1.82, 2.24) is 9.13 Å². The highest BCUT2D eigenvalue weighted by Crippen LogP contribution is 2.30. The molecule has 1 aromatic rings. The Balaban J connectivity index is 2.60. The zero-order chi connectivity index (χ0) is 15.2. The average Bonchev–Trinajstić information content (AvgIpc) is 2.43. The first-order valence-electron chi connectivity index (χ1n) is 5.92. The van der Waals surface area contributed by atoms with Crippen molar-refractivity contribution in [3.05, 3.63) is 26.4 Å². The quantitative estimate of drug-likeness (QED) is 0.431. The van der Waals surface area contributed by atoms with Crippen LogP contribution in [0.2, 0.25) is 0 Å². The van der Waals surface area contributed by atoms with Crippen LogP contribution >= 0.6 is 0 Å². The van der Waals surface area contributed by atoms with Crippen molar-refractivity contribution in [3.8, 4) is 5.88 Å². The second-order valence-corrected chi connectivity index (χ2v) is 4.75. The molecule has 9 heteroatoms. The number of nitrogens with zero attached hydrogens (tertiary/aromatic N) is 2. The van der Waals surface area contributed by atoms with Gasteiger partial charge in [-0.3, -0.25) is 13.9 Å². The number of aliphatic hydroxyl groups is 3. The molecule has 1 saturated heterocycles. The Kier molecular flexibility index (Phi) is 3.69. The highest BCUT2D eigenvalue weighted by atomic mass is 16.5. The van der Waals surface area contributed by atoms with E-state index in [1.165, 1.54) is 14.1 Å². The average molecular weight is 288 g/mol. The molecule has 4 atom stereocenters. The van der Waals surface area contributed by atoms with Crippen molar-refractivity contribution < 1.29 is 25.2 Å². The Hall–Kier alpha value is -1.68. The van der Waals surface area contributed by atoms with Crippen LogP contribution in [0, 0.1) is 0 Å². The molecule has 0 radical (unpaired) electrons. The number of aliphatic hydroxyl groups excluding tert-OH is 3. The molecule has 9 nitrogen and oxygen atoms in total. The fourth-order valence-corrected chi connectivity index (χ4v) is 2.17. The molecular formula is C11H16N2O7. The smallest absolute Gasteiger partial charge is 0.333 e. The minimum absolute atomic E-state index is 0.311. The topological polar surface area (TPSA) is 134 Å². The molecule has 2 rings (SSSR count). The van der Waals surface area contributed by atoms with Gasteiger partial charge < -0.3 is 25.2 Å². The van der Waals surface area contributed by atoms with Crippen molar-refractivity contribution in [1.29, 1.82) is 0 Å². The lowest BCUT2D eigenvalue weighted by Crippen LogP contribution is -2.51. The third-order valence-electron chi connectivity index (χ3n) is 3.45. The molecule has 0 unspecified atom stereocenters. The molecule has 1 fully saturated rings. The number of aromatic nitrogens is 2. The van der Waals surface area contributed by atoms with Gasteiger partial charge in [0.25, 0.3) is 5.56 Å². The molecule has 2 heterocycles. The van der Waals surface area contributed by atoms with Gasteiger partial charge in [0, 0.05) is 14.1 Å². The summed E-state index contributed by atoms with van der Waals surface area (Å²) in [6, 6.07) is 0. The Labute approximate surface area is 112 Å². The third kappa shape index (κ3) is 2.04. The summed E-state index contributed by atoms with van der Waals surface area (Å²) in [5, 5.41) is 38.8. The van der Waals surface area contributed by atoms with E-state index in [2.05, 4.69) is 0 Å². The molecule has 112 valence electrons. The molecular weight excluding hydrogens is 272 g/mol. The first kappa shape index (κ1) is 14.7. The maximum atomic E-state index is 12.1. The Morgan fingerprint density at radius 1 is 1.10 bits per heavy atom. The summed E-state index contributed by atoms with van der Waals surface area (Å²) in [5.41, 5.74) is -1.91. The second kappa shape index (κ2) is 5.02. The van der Waals surface area contributed by atoms with E-state index in [-0.39, 0.29) is 12.2 Å². The van der Waals surface area contributed by atoms with Gasteiger partial charge in [0.2, 0.25) is 5.88 Å². The highest BCUT2D eigenvalue weighted by molar-refractivity contribution is 5.27. The highest BCUT2D eigenvalue weighted by Gasteiger charge is 2.41. The van der Waals surface area contributed by atoms with Crippen molar-refractivity contribution in [2.45, 2.75) is 24.4 Å². The minimum Gasteiger partial charge on any atom is -0.494 e. The molecule has 0 aromatic carbocycles. The molecule has 0 spiro atoms. The van der Waals surface area contributed by atoms with Crippen molar-refractivity contribution in [2.75, 3.05) is 6.61 Å². The molecule has 1 aliphatic rings. The van der Waals surface area contributed by atoms with Gasteiger partial charge >= 0.3 is 5.69 Å². The van der Waals surface area contributed by atoms with Crippen LogP contribution in [0.4, 0.5) is 0 Å². The molecule has 1 aromatic heterocycles. The standard InChI is InChI=1S/C11H16N2O7/c1-12-9(17)5(10(18)13(2)11(12)19)8-7(16)6(15)4(14)3-20-8/h4,6-8,14-17H,3H2,1-2H3/t4-,6+,7-,8+/m1/s1. The minimum atomic E-state index is -1.60. The van der Waals surface area contributed by atoms with Gasteiger partial charge in [0.05, 0.1) is 6.61 Å². The normalized spacial score (nSPS) is 30.4. The third-order valence-corrected chi connectivity index (χ3v) is 3.45. The maximum absolute atomic E-state index is 12.1. The van der Waals surface area contributed by atoms with E-state index in [4.69, 9.17) is 4.74 Å². The van der Waals surface area contributed by atoms with Gasteiger partial charge in [-0.2, -0.15) is 0 Å². The van der Waals surface area contributed by atoms with Crippen molar-refractivity contribution in [3.63, 3.8) is 0 Å². The molecule has 0 saturated carbocycles. The monoisotopic (exact) mass is 288 g/mol. The van der Waals surface area contributed by atoms with Crippen LogP contribution in [-0.4, -0.2) is 54.5 Å². The van der Waals surface area contributed by atoms with E-state index in [0.29, 0.717) is 0 Å². The van der Waals surface area contributed by atoms with Crippen LogP contribution in [0.3, 0.4) is 0 Å². The SMILES string of the molecule is Cn1c(O)c([C@@H]2OC[C@@H](O)[C@H](O)[C@H]2O)c(=O)n(C)c1=O. The Morgan fingerprint density at radius 3 is 2.30 bits per heavy atom. The van der Waals surface area contributed by atoms with Crippen LogP contribution in [0.5, 0.6) is 5.88 Å². The molecule has 20 heavy (non-hydrogen) atoms. The van der Waals surface area contributed by atoms with Gasteiger partial charge in [0.1, 0.15) is 30.0 Å². The first-order chi connectivity index (χ1) is 9.27. The molecule has 0 aliphatic carbocycles. The summed E-state index contributed by atoms with van der Waals surface area (Å²) < 4.78 is 6.70. The maximum Gasteiger partial charge on any atom is 0.333 e. The van der Waals surface area contributed by atoms with Crippen molar-refractivity contribution in [2.24, 2.45) is 14.1 Å². The van der Waals surface area contributed by atoms with Crippen LogP contribution in [0.1, 0.15) is 11.7 Å². The summed E-state index contributed by atoms with van der Waals surface area (Å²) >= 11 is 0. The summed E-state index contributed by atoms with van der Waals surface area (Å²) in [7, 11) is 2.47. The molecule has 4 N–H and O–H groups in total. The fourth-order valence-electron chi connectivity index (χ4n) is 2.17. The van der Waals surface area contributed by atoms with Gasteiger partial charge in [0.15, 0.2) is 0 Å². The number of rotatable bonds is 1. The van der Waals surface area contributed by atoms with Crippen LogP contribution in [0.25, 0.3) is 0 Å². The zero-order valence-electron chi connectivity index (χ0n) is 10.9. The number of hydrogen-bond donors (Lipinski definition) is 4. The van der Waals surface area contributed by atoms with E-state index in [9.17, 15) is 30.0 Å². The summed E-state index contributed by atoms with van der Waals surface area (Å²) in [5.74, 6) is -0.647. The molecule has 0 bridgehead atoms. The Morgan fingerprint density at radius 2 is 1.70 bits per heavy atom. The zero-order valence-corrected chi connectivity index (χ0v) is 10.9. The van der Waals surface area contributed by atoms with E-state index < -0.39 is 41.5 Å². The first-order valence-corrected chi connectivity index (χ1v) is 5.92. The lowest BCUT2D eigenvalue weighted by atomic mass is 9.96. The lowest BCUT2D eigenvalue weighted by molar-refractivity contribution is -0.190. The predicted molar refractivity (Wildman–Crippen MR) is 65.3 cm³/mol. The number of aromatic hydroxyl groups is 1. The van der Waals surface area contributed by atoms with Gasteiger partial charge in [-0.1, -0.05) is 0 Å². The van der Waals surface area contributed by atoms with E-state index in [0.717, 1.165) is 9.13 Å². The van der Waals surface area contributed by atoms with Crippen LogP contribution < -0.4 is 11.2 Å². The van der Waals surface area contributed by atoms with Gasteiger partial charge in [-0.25, -0.2) is 4.79 Å². The van der Waals surface area contributed by atoms with Crippen LogP contribution in [-0.2, 0) is 18.8 Å². The van der Waals surface area contributed by atoms with E-state index in [1.54, 1.807) is 0 Å². The van der Waals surface area contributed by atoms with Crippen molar-refractivity contribution >= 4 is 0 Å². The summed E-state index contributed by atoms with van der Waals surface area (Å²) in [6.07, 6.45) is -5.75. The fraction of sp³-hybridized carbons (Fsp3) is 0.636. The number of ether oxygens (including phenoxy) is 1. The largest absolute Gasteiger partial charge is 0.494 e. The molecule has 1 aliphatic heterocycles. The number of hydrogen-bond acceptors (Lipinski definition) is 7. The Bertz CT molecular complexity index is 635. The lowest BCUT2D eigenvalue weighted by Gasteiger charge is -2.35. The van der Waals surface area contributed by atoms with Gasteiger partial charge in [-0.15, -0.1) is 0 Å². The molecule has 0 amide bonds. The van der Waals surface area contributed by atoms with E-state index in [1.807, 2.05) is 0 Å². The second-order valence-electron chi connectivity index (χ2n) is 4.75. The van der Waals surface area contributed by atoms with Gasteiger partial charge in [-0.05, 0) is 0 Å². The summed E-state index contributed by atoms with van der Waals surface area (Å²) in [6.45, 7) is -0.311. The van der Waals surface area contributed by atoms with Crippen LogP contribution in [0.15, 0.2) is 9.59 Å².